The largest absolute Gasteiger partial charge is 0.496 e. The molecule has 0 bridgehead atoms. The first kappa shape index (κ1) is 27.7. The SMILES string of the molecule is COc1c(C)c2c(c(OC(=O)C(C)C)c1CC=C(C)CCC(=O)OC(C)N1CCOCC1)C(=O)OC2. The van der Waals surface area contributed by atoms with Gasteiger partial charge in [0, 0.05) is 30.6 Å². The Morgan fingerprint density at radius 2 is 1.81 bits per heavy atom. The third-order valence-corrected chi connectivity index (χ3v) is 6.54. The molecule has 36 heavy (non-hydrogen) atoms. The molecule has 2 aliphatic heterocycles. The van der Waals surface area contributed by atoms with Crippen molar-refractivity contribution in [2.24, 2.45) is 5.92 Å². The number of methoxy groups -OCH3 is 1. The van der Waals surface area contributed by atoms with Crippen molar-refractivity contribution in [1.29, 1.82) is 0 Å². The van der Waals surface area contributed by atoms with Crippen LogP contribution in [0.5, 0.6) is 11.5 Å². The van der Waals surface area contributed by atoms with E-state index >= 15 is 0 Å². The number of rotatable bonds is 10. The Labute approximate surface area is 212 Å². The van der Waals surface area contributed by atoms with Gasteiger partial charge in [0.05, 0.1) is 26.2 Å². The molecule has 0 aromatic heterocycles. The zero-order valence-electron chi connectivity index (χ0n) is 22.1. The monoisotopic (exact) mass is 503 g/mol. The van der Waals surface area contributed by atoms with Crippen LogP contribution in [0.2, 0.25) is 0 Å². The molecule has 0 aliphatic carbocycles. The Bertz CT molecular complexity index is 1020. The molecular weight excluding hydrogens is 466 g/mol. The van der Waals surface area contributed by atoms with Gasteiger partial charge in [-0.25, -0.2) is 4.79 Å². The van der Waals surface area contributed by atoms with Crippen molar-refractivity contribution in [1.82, 2.24) is 4.90 Å². The van der Waals surface area contributed by atoms with Gasteiger partial charge in [0.2, 0.25) is 0 Å². The minimum Gasteiger partial charge on any atom is -0.496 e. The fraction of sp³-hybridized carbons (Fsp3) is 0.593. The van der Waals surface area contributed by atoms with E-state index in [0.29, 0.717) is 42.9 Å². The van der Waals surface area contributed by atoms with E-state index in [1.165, 1.54) is 0 Å². The van der Waals surface area contributed by atoms with Crippen molar-refractivity contribution >= 4 is 17.9 Å². The predicted molar refractivity (Wildman–Crippen MR) is 132 cm³/mol. The third-order valence-electron chi connectivity index (χ3n) is 6.54. The summed E-state index contributed by atoms with van der Waals surface area (Å²) in [5, 5.41) is 0. The maximum absolute atomic E-state index is 12.5. The highest BCUT2D eigenvalue weighted by Gasteiger charge is 2.34. The summed E-state index contributed by atoms with van der Waals surface area (Å²) in [5.74, 6) is -0.843. The average Bonchev–Trinajstić information content (AvgIpc) is 3.25. The Hall–Kier alpha value is -2.91. The lowest BCUT2D eigenvalue weighted by molar-refractivity contribution is -0.161. The van der Waals surface area contributed by atoms with Crippen molar-refractivity contribution in [3.05, 3.63) is 33.9 Å². The van der Waals surface area contributed by atoms with Crippen LogP contribution in [0.15, 0.2) is 11.6 Å². The molecular formula is C27H37NO8. The number of carbonyl (C=O) groups excluding carboxylic acids is 3. The van der Waals surface area contributed by atoms with Crippen molar-refractivity contribution in [2.75, 3.05) is 33.4 Å². The average molecular weight is 504 g/mol. The van der Waals surface area contributed by atoms with Crippen molar-refractivity contribution in [3.63, 3.8) is 0 Å². The van der Waals surface area contributed by atoms with E-state index in [1.807, 2.05) is 26.8 Å². The lowest BCUT2D eigenvalue weighted by atomic mass is 9.94. The Morgan fingerprint density at radius 3 is 2.44 bits per heavy atom. The number of carbonyl (C=O) groups is 3. The highest BCUT2D eigenvalue weighted by Crippen LogP contribution is 2.43. The van der Waals surface area contributed by atoms with Crippen LogP contribution in [-0.4, -0.2) is 62.4 Å². The first-order valence-corrected chi connectivity index (χ1v) is 12.4. The summed E-state index contributed by atoms with van der Waals surface area (Å²) in [5.41, 5.74) is 3.30. The number of fused-ring (bicyclic) bond motifs is 1. The summed E-state index contributed by atoms with van der Waals surface area (Å²) in [7, 11) is 1.55. The Kier molecular flexibility index (Phi) is 9.50. The topological polar surface area (TPSA) is 101 Å². The highest BCUT2D eigenvalue weighted by atomic mass is 16.6. The number of nitrogens with zero attached hydrogens (tertiary/aromatic N) is 1. The lowest BCUT2D eigenvalue weighted by Crippen LogP contribution is -2.44. The zero-order chi connectivity index (χ0) is 26.4. The quantitative estimate of drug-likeness (QED) is 0.269. The third kappa shape index (κ3) is 6.44. The van der Waals surface area contributed by atoms with Gasteiger partial charge in [-0.2, -0.15) is 0 Å². The molecule has 0 spiro atoms. The molecule has 0 radical (unpaired) electrons. The molecule has 1 aromatic carbocycles. The molecule has 1 unspecified atom stereocenters. The van der Waals surface area contributed by atoms with Crippen LogP contribution in [0.3, 0.4) is 0 Å². The number of cyclic esters (lactones) is 1. The van der Waals surface area contributed by atoms with Crippen LogP contribution in [0.4, 0.5) is 0 Å². The number of hydrogen-bond donors (Lipinski definition) is 0. The molecule has 1 atom stereocenters. The van der Waals surface area contributed by atoms with Crippen LogP contribution in [-0.2, 0) is 36.8 Å². The second-order valence-electron chi connectivity index (χ2n) is 9.46. The molecule has 2 aliphatic rings. The van der Waals surface area contributed by atoms with Crippen LogP contribution >= 0.6 is 0 Å². The van der Waals surface area contributed by atoms with E-state index in [0.717, 1.165) is 24.2 Å². The number of hydrogen-bond acceptors (Lipinski definition) is 9. The lowest BCUT2D eigenvalue weighted by Gasteiger charge is -2.31. The van der Waals surface area contributed by atoms with Gasteiger partial charge < -0.3 is 23.7 Å². The fourth-order valence-corrected chi connectivity index (χ4v) is 4.28. The minimum atomic E-state index is -0.513. The van der Waals surface area contributed by atoms with Crippen LogP contribution in [0, 0.1) is 12.8 Å². The summed E-state index contributed by atoms with van der Waals surface area (Å²) < 4.78 is 27.6. The van der Waals surface area contributed by atoms with Crippen molar-refractivity contribution < 1.29 is 38.1 Å². The molecule has 1 aromatic rings. The standard InChI is InChI=1S/C27H37NO8/c1-16(2)26(30)36-25-20(24(32-6)18(4)21-15-34-27(31)23(21)25)9-7-17(3)8-10-22(29)35-19(5)28-11-13-33-14-12-28/h7,16,19H,8-15H2,1-6H3. The maximum Gasteiger partial charge on any atom is 0.342 e. The number of esters is 3. The molecule has 2 heterocycles. The van der Waals surface area contributed by atoms with Gasteiger partial charge >= 0.3 is 17.9 Å². The van der Waals surface area contributed by atoms with Gasteiger partial charge in [-0.1, -0.05) is 25.5 Å². The molecule has 9 nitrogen and oxygen atoms in total. The predicted octanol–water partition coefficient (Wildman–Crippen LogP) is 3.73. The van der Waals surface area contributed by atoms with E-state index in [1.54, 1.807) is 21.0 Å². The van der Waals surface area contributed by atoms with Gasteiger partial charge in [-0.15, -0.1) is 0 Å². The van der Waals surface area contributed by atoms with E-state index in [9.17, 15) is 14.4 Å². The van der Waals surface area contributed by atoms with Crippen molar-refractivity contribution in [3.8, 4) is 11.5 Å². The van der Waals surface area contributed by atoms with Gasteiger partial charge in [-0.05, 0) is 39.2 Å². The van der Waals surface area contributed by atoms with Crippen LogP contribution < -0.4 is 9.47 Å². The molecule has 0 N–H and O–H groups in total. The Balaban J connectivity index is 1.74. The first-order chi connectivity index (χ1) is 17.1. The second-order valence-corrected chi connectivity index (χ2v) is 9.46. The normalized spacial score (nSPS) is 17.0. The van der Waals surface area contributed by atoms with E-state index in [4.69, 9.17) is 23.7 Å². The summed E-state index contributed by atoms with van der Waals surface area (Å²) in [4.78, 5) is 39.5. The molecule has 3 rings (SSSR count). The molecule has 9 heteroatoms. The zero-order valence-corrected chi connectivity index (χ0v) is 22.1. The van der Waals surface area contributed by atoms with E-state index in [-0.39, 0.29) is 42.5 Å². The Morgan fingerprint density at radius 1 is 1.11 bits per heavy atom. The summed E-state index contributed by atoms with van der Waals surface area (Å²) in [6.07, 6.45) is 2.79. The van der Waals surface area contributed by atoms with Crippen LogP contribution in [0.1, 0.15) is 67.6 Å². The van der Waals surface area contributed by atoms with E-state index < -0.39 is 11.9 Å². The summed E-state index contributed by atoms with van der Waals surface area (Å²) >= 11 is 0. The van der Waals surface area contributed by atoms with Gasteiger partial charge in [0.1, 0.15) is 17.9 Å². The minimum absolute atomic E-state index is 0.114. The maximum atomic E-state index is 12.5. The second kappa shape index (κ2) is 12.4. The van der Waals surface area contributed by atoms with Gasteiger partial charge in [-0.3, -0.25) is 14.5 Å². The molecule has 198 valence electrons. The highest BCUT2D eigenvalue weighted by molar-refractivity contribution is 5.99. The number of morpholine rings is 1. The summed E-state index contributed by atoms with van der Waals surface area (Å²) in [6.45, 7) is 12.0. The fourth-order valence-electron chi connectivity index (χ4n) is 4.28. The smallest absolute Gasteiger partial charge is 0.342 e. The van der Waals surface area contributed by atoms with E-state index in [2.05, 4.69) is 4.90 Å². The van der Waals surface area contributed by atoms with Crippen molar-refractivity contribution in [2.45, 2.75) is 66.7 Å². The molecule has 0 amide bonds. The molecule has 1 fully saturated rings. The van der Waals surface area contributed by atoms with Crippen LogP contribution in [0.25, 0.3) is 0 Å². The molecule has 1 saturated heterocycles. The number of benzene rings is 1. The summed E-state index contributed by atoms with van der Waals surface area (Å²) in [6, 6.07) is 0. The molecule has 0 saturated carbocycles. The first-order valence-electron chi connectivity index (χ1n) is 12.4. The van der Waals surface area contributed by atoms with Gasteiger partial charge in [0.15, 0.2) is 12.0 Å². The number of allylic oxidation sites excluding steroid dienone is 2. The number of ether oxygens (including phenoxy) is 5. The van der Waals surface area contributed by atoms with Gasteiger partial charge in [0.25, 0.3) is 0 Å².